The fraction of sp³-hybridized carbons (Fsp3) is 0.296. The topological polar surface area (TPSA) is 104 Å². The number of esters is 2. The second kappa shape index (κ2) is 14.1. The van der Waals surface area contributed by atoms with Crippen LogP contribution in [0.4, 0.5) is 0 Å². The molecule has 0 aromatic heterocycles. The fourth-order valence-corrected chi connectivity index (χ4v) is 2.91. The number of nitrogens with zero attached hydrogens (tertiary/aromatic N) is 1. The number of carbonyl (C=O) groups is 2. The summed E-state index contributed by atoms with van der Waals surface area (Å²) in [5.41, 5.74) is 1.10. The van der Waals surface area contributed by atoms with Gasteiger partial charge in [-0.3, -0.25) is 0 Å². The van der Waals surface area contributed by atoms with Gasteiger partial charge in [0.15, 0.2) is 23.0 Å². The van der Waals surface area contributed by atoms with Crippen LogP contribution in [0.1, 0.15) is 38.3 Å². The average Bonchev–Trinajstić information content (AvgIpc) is 2.86. The van der Waals surface area contributed by atoms with Crippen LogP contribution < -0.4 is 18.9 Å². The Morgan fingerprint density at radius 1 is 0.914 bits per heavy atom. The zero-order valence-corrected chi connectivity index (χ0v) is 20.3. The van der Waals surface area contributed by atoms with Crippen molar-refractivity contribution in [2.75, 3.05) is 26.9 Å². The fourth-order valence-electron chi connectivity index (χ4n) is 2.91. The van der Waals surface area contributed by atoms with Crippen LogP contribution in [0, 0.1) is 11.3 Å². The van der Waals surface area contributed by atoms with E-state index in [0.717, 1.165) is 12.0 Å². The van der Waals surface area contributed by atoms with Crippen molar-refractivity contribution in [1.29, 1.82) is 5.26 Å². The molecule has 2 rings (SSSR count). The third kappa shape index (κ3) is 8.23. The normalized spacial score (nSPS) is 11.0. The maximum Gasteiger partial charge on any atom is 0.348 e. The predicted octanol–water partition coefficient (Wildman–Crippen LogP) is 4.97. The SMILES string of the molecule is CCCOc1ccc(/C=C/C(=O)Oc2ccc(/C=C(\C#N)C(=O)OCC)cc2OCC)cc1OC. The molecule has 0 spiro atoms. The Bertz CT molecular complexity index is 1130. The van der Waals surface area contributed by atoms with E-state index in [0.29, 0.717) is 36.0 Å². The molecule has 0 unspecified atom stereocenters. The van der Waals surface area contributed by atoms with Gasteiger partial charge >= 0.3 is 11.9 Å². The van der Waals surface area contributed by atoms with Gasteiger partial charge in [0.1, 0.15) is 11.6 Å². The summed E-state index contributed by atoms with van der Waals surface area (Å²) in [5, 5.41) is 9.23. The third-order valence-corrected chi connectivity index (χ3v) is 4.47. The molecule has 184 valence electrons. The summed E-state index contributed by atoms with van der Waals surface area (Å²) in [6, 6.07) is 11.9. The molecule has 0 radical (unpaired) electrons. The zero-order chi connectivity index (χ0) is 25.6. The summed E-state index contributed by atoms with van der Waals surface area (Å²) < 4.78 is 26.9. The Kier molecular flexibility index (Phi) is 10.9. The van der Waals surface area contributed by atoms with E-state index in [4.69, 9.17) is 23.7 Å². The van der Waals surface area contributed by atoms with Gasteiger partial charge in [-0.15, -0.1) is 0 Å². The van der Waals surface area contributed by atoms with Gasteiger partial charge in [0.05, 0.1) is 26.9 Å². The first-order chi connectivity index (χ1) is 16.9. The number of carbonyl (C=O) groups excluding carboxylic acids is 2. The summed E-state index contributed by atoms with van der Waals surface area (Å²) >= 11 is 0. The summed E-state index contributed by atoms with van der Waals surface area (Å²) in [6.07, 6.45) is 5.15. The van der Waals surface area contributed by atoms with Crippen LogP contribution in [0.2, 0.25) is 0 Å². The Morgan fingerprint density at radius 2 is 1.63 bits per heavy atom. The number of rotatable bonds is 12. The summed E-state index contributed by atoms with van der Waals surface area (Å²) in [5.74, 6) is 0.374. The second-order valence-corrected chi connectivity index (χ2v) is 7.04. The van der Waals surface area contributed by atoms with Crippen LogP contribution in [-0.2, 0) is 14.3 Å². The molecule has 2 aromatic carbocycles. The lowest BCUT2D eigenvalue weighted by atomic mass is 10.1. The van der Waals surface area contributed by atoms with Gasteiger partial charge in [-0.2, -0.15) is 5.26 Å². The number of hydrogen-bond donors (Lipinski definition) is 0. The molecule has 0 heterocycles. The van der Waals surface area contributed by atoms with E-state index >= 15 is 0 Å². The van der Waals surface area contributed by atoms with Crippen LogP contribution in [0.3, 0.4) is 0 Å². The molecule has 0 aliphatic carbocycles. The number of benzene rings is 2. The van der Waals surface area contributed by atoms with Crippen LogP contribution in [0.15, 0.2) is 48.0 Å². The highest BCUT2D eigenvalue weighted by Crippen LogP contribution is 2.31. The van der Waals surface area contributed by atoms with E-state index in [1.54, 1.807) is 57.4 Å². The van der Waals surface area contributed by atoms with Crippen LogP contribution in [0.25, 0.3) is 12.2 Å². The van der Waals surface area contributed by atoms with Gasteiger partial charge in [-0.25, -0.2) is 9.59 Å². The molecule has 8 heteroatoms. The molecule has 0 saturated carbocycles. The largest absolute Gasteiger partial charge is 0.493 e. The first-order valence-electron chi connectivity index (χ1n) is 11.2. The quantitative estimate of drug-likeness (QED) is 0.182. The minimum absolute atomic E-state index is 0.150. The number of ether oxygens (including phenoxy) is 5. The second-order valence-electron chi connectivity index (χ2n) is 7.04. The van der Waals surface area contributed by atoms with E-state index in [2.05, 4.69) is 0 Å². The number of nitriles is 1. The highest BCUT2D eigenvalue weighted by atomic mass is 16.6. The van der Waals surface area contributed by atoms with Crippen molar-refractivity contribution in [3.05, 3.63) is 59.2 Å². The van der Waals surface area contributed by atoms with Crippen molar-refractivity contribution in [1.82, 2.24) is 0 Å². The molecule has 0 aliphatic heterocycles. The molecule has 2 aromatic rings. The Morgan fingerprint density at radius 3 is 2.29 bits per heavy atom. The van der Waals surface area contributed by atoms with E-state index < -0.39 is 11.9 Å². The van der Waals surface area contributed by atoms with Gasteiger partial charge in [-0.05, 0) is 67.8 Å². The van der Waals surface area contributed by atoms with E-state index in [9.17, 15) is 14.9 Å². The lowest BCUT2D eigenvalue weighted by Gasteiger charge is -2.11. The highest BCUT2D eigenvalue weighted by Gasteiger charge is 2.13. The molecule has 0 aliphatic rings. The molecular formula is C27H29NO7. The number of hydrogen-bond acceptors (Lipinski definition) is 8. The summed E-state index contributed by atoms with van der Waals surface area (Å²) in [6.45, 7) is 6.52. The standard InChI is InChI=1S/C27H29NO7/c1-5-14-34-22-11-8-19(16-24(22)31-4)10-13-26(29)35-23-12-9-20(17-25(23)32-6-2)15-21(18-28)27(30)33-7-3/h8-13,15-17H,5-7,14H2,1-4H3/b13-10+,21-15+. The molecular weight excluding hydrogens is 450 g/mol. The first kappa shape index (κ1) is 27.0. The molecule has 0 bridgehead atoms. The lowest BCUT2D eigenvalue weighted by molar-refractivity contribution is -0.138. The van der Waals surface area contributed by atoms with E-state index in [1.165, 1.54) is 18.2 Å². The smallest absolute Gasteiger partial charge is 0.348 e. The van der Waals surface area contributed by atoms with Crippen molar-refractivity contribution in [3.63, 3.8) is 0 Å². The molecule has 35 heavy (non-hydrogen) atoms. The van der Waals surface area contributed by atoms with Crippen molar-refractivity contribution >= 4 is 24.1 Å². The van der Waals surface area contributed by atoms with Gasteiger partial charge in [0, 0.05) is 6.08 Å². The maximum atomic E-state index is 12.4. The maximum absolute atomic E-state index is 12.4. The number of methoxy groups -OCH3 is 1. The minimum Gasteiger partial charge on any atom is -0.493 e. The summed E-state index contributed by atoms with van der Waals surface area (Å²) in [7, 11) is 1.55. The van der Waals surface area contributed by atoms with Gasteiger partial charge < -0.3 is 23.7 Å². The Labute approximate surface area is 205 Å². The van der Waals surface area contributed by atoms with Crippen molar-refractivity contribution in [2.24, 2.45) is 0 Å². The summed E-state index contributed by atoms with van der Waals surface area (Å²) in [4.78, 5) is 24.3. The van der Waals surface area contributed by atoms with E-state index in [1.807, 2.05) is 13.0 Å². The van der Waals surface area contributed by atoms with E-state index in [-0.39, 0.29) is 17.9 Å². The molecule has 0 N–H and O–H groups in total. The van der Waals surface area contributed by atoms with Crippen molar-refractivity contribution in [2.45, 2.75) is 27.2 Å². The Balaban J connectivity index is 2.18. The lowest BCUT2D eigenvalue weighted by Crippen LogP contribution is -2.07. The molecule has 0 atom stereocenters. The highest BCUT2D eigenvalue weighted by molar-refractivity contribution is 5.98. The zero-order valence-electron chi connectivity index (χ0n) is 20.3. The predicted molar refractivity (Wildman–Crippen MR) is 131 cm³/mol. The molecule has 8 nitrogen and oxygen atoms in total. The molecule has 0 saturated heterocycles. The van der Waals surface area contributed by atoms with Gasteiger partial charge in [0.25, 0.3) is 0 Å². The van der Waals surface area contributed by atoms with Crippen LogP contribution in [0.5, 0.6) is 23.0 Å². The average molecular weight is 480 g/mol. The molecule has 0 fully saturated rings. The van der Waals surface area contributed by atoms with Crippen molar-refractivity contribution in [3.8, 4) is 29.1 Å². The first-order valence-corrected chi connectivity index (χ1v) is 11.2. The van der Waals surface area contributed by atoms with Crippen LogP contribution >= 0.6 is 0 Å². The molecule has 0 amide bonds. The monoisotopic (exact) mass is 479 g/mol. The van der Waals surface area contributed by atoms with Crippen molar-refractivity contribution < 1.29 is 33.3 Å². The van der Waals surface area contributed by atoms with Crippen LogP contribution in [-0.4, -0.2) is 38.9 Å². The van der Waals surface area contributed by atoms with Gasteiger partial charge in [-0.1, -0.05) is 19.1 Å². The third-order valence-electron chi connectivity index (χ3n) is 4.47. The minimum atomic E-state index is -0.713. The Hall–Kier alpha value is -4.25. The van der Waals surface area contributed by atoms with Gasteiger partial charge in [0.2, 0.25) is 0 Å².